The van der Waals surface area contributed by atoms with E-state index in [1.165, 1.54) is 30.8 Å². The van der Waals surface area contributed by atoms with Crippen LogP contribution in [0.5, 0.6) is 0 Å². The lowest BCUT2D eigenvalue weighted by Gasteiger charge is -2.11. The molecule has 2 amide bonds. The molecule has 30 heavy (non-hydrogen) atoms. The third-order valence-electron chi connectivity index (χ3n) is 4.45. The molecule has 0 N–H and O–H groups in total. The van der Waals surface area contributed by atoms with E-state index in [4.69, 9.17) is 4.84 Å². The maximum absolute atomic E-state index is 12.3. The molecule has 150 valence electrons. The minimum atomic E-state index is -0.689. The number of carbonyl (C=O) groups is 3. The Morgan fingerprint density at radius 2 is 1.27 bits per heavy atom. The van der Waals surface area contributed by atoms with E-state index in [1.54, 1.807) is 40.1 Å². The highest BCUT2D eigenvalue weighted by molar-refractivity contribution is 7.28. The summed E-state index contributed by atoms with van der Waals surface area (Å²) >= 11 is 6.44. The maximum Gasteiger partial charge on any atom is 0.373 e. The van der Waals surface area contributed by atoms with Crippen molar-refractivity contribution in [2.75, 3.05) is 0 Å². The first-order valence-electron chi connectivity index (χ1n) is 9.01. The predicted molar refractivity (Wildman–Crippen MR) is 121 cm³/mol. The third kappa shape index (κ3) is 3.65. The molecule has 1 aliphatic heterocycles. The largest absolute Gasteiger partial charge is 0.373 e. The molecular weight excluding hydrogens is 459 g/mol. The van der Waals surface area contributed by atoms with Crippen LogP contribution in [0.3, 0.4) is 0 Å². The fourth-order valence-corrected chi connectivity index (χ4v) is 6.90. The van der Waals surface area contributed by atoms with E-state index in [0.717, 1.165) is 9.75 Å². The monoisotopic (exact) mass is 471 g/mol. The van der Waals surface area contributed by atoms with E-state index in [9.17, 15) is 14.4 Å². The fourth-order valence-electron chi connectivity index (χ4n) is 2.99. The molecule has 9 heteroatoms. The van der Waals surface area contributed by atoms with E-state index < -0.39 is 17.8 Å². The average molecular weight is 472 g/mol. The molecule has 5 nitrogen and oxygen atoms in total. The quantitative estimate of drug-likeness (QED) is 0.327. The number of hydrogen-bond donors (Lipinski definition) is 0. The van der Waals surface area contributed by atoms with Gasteiger partial charge in [0.2, 0.25) is 0 Å². The number of nitrogens with zero attached hydrogens (tertiary/aromatic N) is 1. The standard InChI is InChI=1S/C21H13NO4S4/c23-19-9-10-20(24)22(19)26-21(25)18-8-7-17(30-18)16-6-5-15(29-16)14-4-3-13(28-14)12-2-1-11-27-12/h1-8,11H,9-10H2. The molecule has 1 fully saturated rings. The molecule has 5 rings (SSSR count). The Bertz CT molecular complexity index is 1230. The van der Waals surface area contributed by atoms with Crippen molar-refractivity contribution in [3.63, 3.8) is 0 Å². The zero-order valence-electron chi connectivity index (χ0n) is 15.3. The van der Waals surface area contributed by atoms with Gasteiger partial charge >= 0.3 is 5.97 Å². The second-order valence-corrected chi connectivity index (χ2v) is 10.6. The molecule has 0 radical (unpaired) electrons. The highest BCUT2D eigenvalue weighted by Gasteiger charge is 2.33. The summed E-state index contributed by atoms with van der Waals surface area (Å²) in [5, 5.41) is 2.65. The van der Waals surface area contributed by atoms with Gasteiger partial charge in [0.25, 0.3) is 11.8 Å². The van der Waals surface area contributed by atoms with Crippen LogP contribution < -0.4 is 0 Å². The molecular formula is C21H13NO4S4. The summed E-state index contributed by atoms with van der Waals surface area (Å²) in [7, 11) is 0. The van der Waals surface area contributed by atoms with Gasteiger partial charge in [0, 0.05) is 42.1 Å². The minimum absolute atomic E-state index is 0.0801. The zero-order valence-corrected chi connectivity index (χ0v) is 18.6. The Morgan fingerprint density at radius 3 is 1.83 bits per heavy atom. The van der Waals surface area contributed by atoms with Crippen molar-refractivity contribution in [3.8, 4) is 29.3 Å². The van der Waals surface area contributed by atoms with Gasteiger partial charge in [0.15, 0.2) is 0 Å². The number of thiophene rings is 4. The Balaban J connectivity index is 1.32. The summed E-state index contributed by atoms with van der Waals surface area (Å²) in [6.45, 7) is 0. The Hall–Kier alpha value is -2.59. The number of rotatable bonds is 5. The van der Waals surface area contributed by atoms with Crippen molar-refractivity contribution in [2.24, 2.45) is 0 Å². The molecule has 1 saturated heterocycles. The fraction of sp³-hybridized carbons (Fsp3) is 0.0952. The summed E-state index contributed by atoms with van der Waals surface area (Å²) in [5.74, 6) is -1.65. The van der Waals surface area contributed by atoms with Crippen LogP contribution in [0.15, 0.2) is 53.9 Å². The lowest BCUT2D eigenvalue weighted by atomic mass is 10.3. The average Bonchev–Trinajstić information content (AvgIpc) is 3.54. The van der Waals surface area contributed by atoms with Gasteiger partial charge in [-0.05, 0) is 47.8 Å². The molecule has 5 heterocycles. The summed E-state index contributed by atoms with van der Waals surface area (Å²) in [5.41, 5.74) is 0. The lowest BCUT2D eigenvalue weighted by molar-refractivity contribution is -0.172. The highest BCUT2D eigenvalue weighted by Crippen LogP contribution is 2.42. The van der Waals surface area contributed by atoms with Crippen molar-refractivity contribution in [1.82, 2.24) is 5.06 Å². The van der Waals surface area contributed by atoms with Crippen molar-refractivity contribution in [3.05, 3.63) is 58.8 Å². The molecule has 0 spiro atoms. The van der Waals surface area contributed by atoms with Crippen molar-refractivity contribution in [1.29, 1.82) is 0 Å². The number of hydrogen-bond acceptors (Lipinski definition) is 8. The summed E-state index contributed by atoms with van der Waals surface area (Å²) in [6, 6.07) is 16.1. The molecule has 0 aromatic carbocycles. The van der Waals surface area contributed by atoms with Gasteiger partial charge in [-0.15, -0.1) is 50.4 Å². The zero-order chi connectivity index (χ0) is 20.7. The van der Waals surface area contributed by atoms with Gasteiger partial charge in [0.05, 0.1) is 0 Å². The molecule has 0 saturated carbocycles. The first-order chi connectivity index (χ1) is 14.6. The Morgan fingerprint density at radius 1 is 0.733 bits per heavy atom. The second kappa shape index (κ2) is 7.92. The maximum atomic E-state index is 12.3. The van der Waals surface area contributed by atoms with E-state index in [0.29, 0.717) is 9.94 Å². The smallest absolute Gasteiger partial charge is 0.324 e. The number of amides is 2. The molecule has 0 bridgehead atoms. The van der Waals surface area contributed by atoms with E-state index in [2.05, 4.69) is 35.7 Å². The second-order valence-electron chi connectivity index (χ2n) is 6.43. The third-order valence-corrected chi connectivity index (χ3v) is 9.14. The van der Waals surface area contributed by atoms with Crippen molar-refractivity contribution in [2.45, 2.75) is 12.8 Å². The normalized spacial score (nSPS) is 13.9. The summed E-state index contributed by atoms with van der Waals surface area (Å²) in [4.78, 5) is 47.8. The van der Waals surface area contributed by atoms with Crippen LogP contribution in [0.2, 0.25) is 0 Å². The van der Waals surface area contributed by atoms with Gasteiger partial charge in [-0.2, -0.15) is 0 Å². The number of carbonyl (C=O) groups excluding carboxylic acids is 3. The summed E-state index contributed by atoms with van der Waals surface area (Å²) < 4.78 is 0. The SMILES string of the molecule is O=C(ON1C(=O)CCC1=O)c1ccc(-c2ccc(-c3ccc(-c4cccs4)s3)s2)s1. The minimum Gasteiger partial charge on any atom is -0.324 e. The highest BCUT2D eigenvalue weighted by atomic mass is 32.1. The van der Waals surface area contributed by atoms with Crippen LogP contribution in [0.25, 0.3) is 29.3 Å². The molecule has 0 unspecified atom stereocenters. The Kier molecular flexibility index (Phi) is 5.11. The molecule has 4 aromatic heterocycles. The van der Waals surface area contributed by atoms with Gasteiger partial charge in [-0.3, -0.25) is 9.59 Å². The summed E-state index contributed by atoms with van der Waals surface area (Å²) in [6.07, 6.45) is 0.160. The molecule has 4 aromatic rings. The van der Waals surface area contributed by atoms with Gasteiger partial charge in [-0.1, -0.05) is 6.07 Å². The molecule has 0 aliphatic carbocycles. The number of hydroxylamine groups is 2. The van der Waals surface area contributed by atoms with E-state index in [-0.39, 0.29) is 12.8 Å². The topological polar surface area (TPSA) is 63.7 Å². The first-order valence-corrected chi connectivity index (χ1v) is 12.3. The van der Waals surface area contributed by atoms with E-state index in [1.807, 2.05) is 12.1 Å². The van der Waals surface area contributed by atoms with Crippen molar-refractivity contribution < 1.29 is 19.2 Å². The van der Waals surface area contributed by atoms with Gasteiger partial charge < -0.3 is 4.84 Å². The van der Waals surface area contributed by atoms with E-state index >= 15 is 0 Å². The Labute approximate surface area is 187 Å². The first kappa shape index (κ1) is 19.4. The number of imide groups is 1. The van der Waals surface area contributed by atoms with Crippen LogP contribution in [0.1, 0.15) is 22.5 Å². The predicted octanol–water partition coefficient (Wildman–Crippen LogP) is 6.15. The lowest BCUT2D eigenvalue weighted by Crippen LogP contribution is -2.31. The van der Waals surface area contributed by atoms with Crippen molar-refractivity contribution >= 4 is 63.1 Å². The van der Waals surface area contributed by atoms with Crippen LogP contribution in [-0.4, -0.2) is 22.8 Å². The van der Waals surface area contributed by atoms with Gasteiger partial charge in [-0.25, -0.2) is 4.79 Å². The van der Waals surface area contributed by atoms with Gasteiger partial charge in [0.1, 0.15) is 4.88 Å². The molecule has 0 atom stereocenters. The van der Waals surface area contributed by atoms with Crippen LogP contribution >= 0.6 is 45.3 Å². The van der Waals surface area contributed by atoms with Crippen LogP contribution in [-0.2, 0) is 14.4 Å². The molecule has 1 aliphatic rings. The van der Waals surface area contributed by atoms with Crippen LogP contribution in [0.4, 0.5) is 0 Å². The van der Waals surface area contributed by atoms with Crippen LogP contribution in [0, 0.1) is 0 Å².